The summed E-state index contributed by atoms with van der Waals surface area (Å²) in [4.78, 5) is 23.0. The molecule has 3 rings (SSSR count). The van der Waals surface area contributed by atoms with Gasteiger partial charge in [0.2, 0.25) is 0 Å². The molecular weight excluding hydrogens is 392 g/mol. The lowest BCUT2D eigenvalue weighted by Gasteiger charge is -2.24. The Labute approximate surface area is 183 Å². The van der Waals surface area contributed by atoms with Crippen LogP contribution in [0.5, 0.6) is 5.75 Å². The largest absolute Gasteiger partial charge is 0.487 e. The van der Waals surface area contributed by atoms with Crippen molar-refractivity contribution in [2.75, 3.05) is 0 Å². The number of ether oxygens (including phenoxy) is 3. The van der Waals surface area contributed by atoms with E-state index in [1.165, 1.54) is 0 Å². The minimum Gasteiger partial charge on any atom is -0.487 e. The standard InChI is InChI=1S/C26H28O5/c1-5-7-23(18(4)29-25(27)6-2)30-22-14-12-20(13-15-22)19-8-10-21(11-9-19)24-16-17(3)26(28)31-24/h6,8-15,18,23-24H,2-3,5,7,16H2,1,4H3. The fourth-order valence-corrected chi connectivity index (χ4v) is 3.52. The van der Waals surface area contributed by atoms with Crippen LogP contribution in [-0.4, -0.2) is 24.1 Å². The Morgan fingerprint density at radius 2 is 1.77 bits per heavy atom. The van der Waals surface area contributed by atoms with E-state index in [0.717, 1.165) is 41.4 Å². The van der Waals surface area contributed by atoms with E-state index in [4.69, 9.17) is 14.2 Å². The number of rotatable bonds is 9. The van der Waals surface area contributed by atoms with Gasteiger partial charge in [0, 0.05) is 18.1 Å². The summed E-state index contributed by atoms with van der Waals surface area (Å²) in [7, 11) is 0. The van der Waals surface area contributed by atoms with E-state index in [1.54, 1.807) is 0 Å². The molecule has 31 heavy (non-hydrogen) atoms. The van der Waals surface area contributed by atoms with Gasteiger partial charge in [-0.25, -0.2) is 9.59 Å². The van der Waals surface area contributed by atoms with E-state index < -0.39 is 5.97 Å². The van der Waals surface area contributed by atoms with Crippen molar-refractivity contribution < 1.29 is 23.8 Å². The summed E-state index contributed by atoms with van der Waals surface area (Å²) in [5, 5.41) is 0. The third-order valence-corrected chi connectivity index (χ3v) is 5.29. The van der Waals surface area contributed by atoms with Crippen molar-refractivity contribution in [3.63, 3.8) is 0 Å². The van der Waals surface area contributed by atoms with Gasteiger partial charge in [-0.2, -0.15) is 0 Å². The van der Waals surface area contributed by atoms with E-state index in [0.29, 0.717) is 12.0 Å². The molecule has 1 fully saturated rings. The third kappa shape index (κ3) is 5.63. The van der Waals surface area contributed by atoms with Crippen molar-refractivity contribution in [3.8, 4) is 16.9 Å². The molecule has 5 nitrogen and oxygen atoms in total. The average molecular weight is 421 g/mol. The molecule has 1 heterocycles. The molecule has 0 aliphatic carbocycles. The van der Waals surface area contributed by atoms with Crippen molar-refractivity contribution in [1.29, 1.82) is 0 Å². The van der Waals surface area contributed by atoms with Gasteiger partial charge in [-0.3, -0.25) is 0 Å². The van der Waals surface area contributed by atoms with Gasteiger partial charge in [-0.05, 0) is 42.2 Å². The molecule has 0 saturated carbocycles. The van der Waals surface area contributed by atoms with Crippen molar-refractivity contribution in [2.45, 2.75) is 51.4 Å². The third-order valence-electron chi connectivity index (χ3n) is 5.29. The number of benzene rings is 2. The summed E-state index contributed by atoms with van der Waals surface area (Å²) in [6.07, 6.45) is 2.51. The Bertz CT molecular complexity index is 927. The normalized spacial score (nSPS) is 17.5. The summed E-state index contributed by atoms with van der Waals surface area (Å²) in [5.74, 6) is -0.0518. The maximum absolute atomic E-state index is 11.5. The number of esters is 2. The SMILES string of the molecule is C=CC(=O)OC(C)C(CCC)Oc1ccc(-c2ccc(C3CC(=C)C(=O)O3)cc2)cc1. The Hall–Kier alpha value is -3.34. The number of hydrogen-bond donors (Lipinski definition) is 0. The topological polar surface area (TPSA) is 61.8 Å². The molecule has 1 saturated heterocycles. The monoisotopic (exact) mass is 420 g/mol. The van der Waals surface area contributed by atoms with Crippen molar-refractivity contribution in [2.24, 2.45) is 0 Å². The number of hydrogen-bond acceptors (Lipinski definition) is 5. The highest BCUT2D eigenvalue weighted by Crippen LogP contribution is 2.33. The molecule has 162 valence electrons. The first kappa shape index (κ1) is 22.3. The molecule has 0 spiro atoms. The van der Waals surface area contributed by atoms with Gasteiger partial charge in [0.05, 0.1) is 0 Å². The van der Waals surface area contributed by atoms with E-state index in [1.807, 2.05) is 55.5 Å². The quantitative estimate of drug-likeness (QED) is 0.392. The molecule has 0 radical (unpaired) electrons. The minimum atomic E-state index is -0.451. The molecule has 1 aliphatic rings. The molecule has 1 aliphatic heterocycles. The molecule has 3 unspecified atom stereocenters. The van der Waals surface area contributed by atoms with Gasteiger partial charge >= 0.3 is 11.9 Å². The van der Waals surface area contributed by atoms with Crippen LogP contribution in [0.15, 0.2) is 73.3 Å². The molecule has 0 N–H and O–H groups in total. The molecule has 5 heteroatoms. The van der Waals surface area contributed by atoms with Gasteiger partial charge in [0.25, 0.3) is 0 Å². The highest BCUT2D eigenvalue weighted by atomic mass is 16.6. The number of carbonyl (C=O) groups excluding carboxylic acids is 2. The van der Waals surface area contributed by atoms with E-state index in [2.05, 4.69) is 20.1 Å². The smallest absolute Gasteiger partial charge is 0.334 e. The van der Waals surface area contributed by atoms with Crippen molar-refractivity contribution >= 4 is 11.9 Å². The lowest BCUT2D eigenvalue weighted by Crippen LogP contribution is -2.33. The highest BCUT2D eigenvalue weighted by molar-refractivity contribution is 5.90. The summed E-state index contributed by atoms with van der Waals surface area (Å²) in [5.41, 5.74) is 3.57. The Morgan fingerprint density at radius 3 is 2.29 bits per heavy atom. The van der Waals surface area contributed by atoms with Crippen LogP contribution in [0, 0.1) is 0 Å². The molecule has 2 aromatic carbocycles. The average Bonchev–Trinajstić information content (AvgIpc) is 3.12. The van der Waals surface area contributed by atoms with Crippen LogP contribution in [-0.2, 0) is 19.1 Å². The fourth-order valence-electron chi connectivity index (χ4n) is 3.52. The maximum atomic E-state index is 11.5. The second kappa shape index (κ2) is 10.1. The first-order chi connectivity index (χ1) is 14.9. The zero-order chi connectivity index (χ0) is 22.4. The molecular formula is C26H28O5. The molecule has 3 atom stereocenters. The summed E-state index contributed by atoms with van der Waals surface area (Å²) >= 11 is 0. The molecule has 0 amide bonds. The summed E-state index contributed by atoms with van der Waals surface area (Å²) in [6, 6.07) is 15.8. The van der Waals surface area contributed by atoms with Crippen molar-refractivity contribution in [1.82, 2.24) is 0 Å². The Kier molecular flexibility index (Phi) is 7.29. The van der Waals surface area contributed by atoms with Gasteiger partial charge in [0.1, 0.15) is 24.1 Å². The van der Waals surface area contributed by atoms with Gasteiger partial charge in [0.15, 0.2) is 0 Å². The van der Waals surface area contributed by atoms with E-state index in [9.17, 15) is 9.59 Å². The number of cyclic esters (lactones) is 1. The fraction of sp³-hybridized carbons (Fsp3) is 0.308. The van der Waals surface area contributed by atoms with Crippen LogP contribution in [0.2, 0.25) is 0 Å². The van der Waals surface area contributed by atoms with Gasteiger partial charge < -0.3 is 14.2 Å². The lowest BCUT2D eigenvalue weighted by molar-refractivity contribution is -0.146. The number of carbonyl (C=O) groups is 2. The predicted molar refractivity (Wildman–Crippen MR) is 120 cm³/mol. The Balaban J connectivity index is 1.66. The van der Waals surface area contributed by atoms with Crippen LogP contribution < -0.4 is 4.74 Å². The van der Waals surface area contributed by atoms with E-state index in [-0.39, 0.29) is 24.3 Å². The van der Waals surface area contributed by atoms with Crippen molar-refractivity contribution in [3.05, 3.63) is 78.9 Å². The zero-order valence-corrected chi connectivity index (χ0v) is 18.0. The second-order valence-corrected chi connectivity index (χ2v) is 7.64. The van der Waals surface area contributed by atoms with Gasteiger partial charge in [-0.1, -0.05) is 62.9 Å². The van der Waals surface area contributed by atoms with Crippen LogP contribution >= 0.6 is 0 Å². The van der Waals surface area contributed by atoms with Crippen LogP contribution in [0.3, 0.4) is 0 Å². The Morgan fingerprint density at radius 1 is 1.16 bits per heavy atom. The second-order valence-electron chi connectivity index (χ2n) is 7.64. The summed E-state index contributed by atoms with van der Waals surface area (Å²) < 4.78 is 16.8. The molecule has 0 bridgehead atoms. The van der Waals surface area contributed by atoms with Crippen LogP contribution in [0.1, 0.15) is 44.8 Å². The summed E-state index contributed by atoms with van der Waals surface area (Å²) in [6.45, 7) is 11.1. The molecule has 2 aromatic rings. The maximum Gasteiger partial charge on any atom is 0.334 e. The van der Waals surface area contributed by atoms with Crippen LogP contribution in [0.25, 0.3) is 11.1 Å². The first-order valence-electron chi connectivity index (χ1n) is 10.5. The molecule has 0 aromatic heterocycles. The lowest BCUT2D eigenvalue weighted by atomic mass is 10.00. The predicted octanol–water partition coefficient (Wildman–Crippen LogP) is 5.56. The minimum absolute atomic E-state index is 0.233. The van der Waals surface area contributed by atoms with Crippen LogP contribution in [0.4, 0.5) is 0 Å². The zero-order valence-electron chi connectivity index (χ0n) is 18.0. The van der Waals surface area contributed by atoms with Gasteiger partial charge in [-0.15, -0.1) is 0 Å². The van der Waals surface area contributed by atoms with E-state index >= 15 is 0 Å². The highest BCUT2D eigenvalue weighted by Gasteiger charge is 2.28. The first-order valence-corrected chi connectivity index (χ1v) is 10.5.